The van der Waals surface area contributed by atoms with E-state index in [0.29, 0.717) is 6.04 Å². The van der Waals surface area contributed by atoms with Gasteiger partial charge in [0.15, 0.2) is 5.82 Å². The molecule has 3 heterocycles. The lowest BCUT2D eigenvalue weighted by Gasteiger charge is -2.20. The Bertz CT molecular complexity index is 368. The van der Waals surface area contributed by atoms with Crippen molar-refractivity contribution in [1.29, 1.82) is 0 Å². The Hall–Kier alpha value is -0.900. The third-order valence-corrected chi connectivity index (χ3v) is 3.63. The SMILES string of the molecule is CC1CCCc2nc(C3CCCCO3)nn21. The van der Waals surface area contributed by atoms with Crippen LogP contribution in [0.2, 0.25) is 0 Å². The number of hydrogen-bond donors (Lipinski definition) is 0. The molecule has 1 saturated heterocycles. The van der Waals surface area contributed by atoms with Gasteiger partial charge in [-0.15, -0.1) is 0 Å². The second kappa shape index (κ2) is 4.17. The average molecular weight is 221 g/mol. The van der Waals surface area contributed by atoms with E-state index in [4.69, 9.17) is 4.74 Å². The summed E-state index contributed by atoms with van der Waals surface area (Å²) in [5.41, 5.74) is 0. The van der Waals surface area contributed by atoms with Gasteiger partial charge in [0.05, 0.1) is 6.04 Å². The lowest BCUT2D eigenvalue weighted by atomic mass is 10.1. The maximum absolute atomic E-state index is 5.74. The lowest BCUT2D eigenvalue weighted by Crippen LogP contribution is -2.17. The van der Waals surface area contributed by atoms with Crippen molar-refractivity contribution in [3.05, 3.63) is 11.6 Å². The van der Waals surface area contributed by atoms with Crippen LogP contribution in [0, 0.1) is 0 Å². The van der Waals surface area contributed by atoms with E-state index in [2.05, 4.69) is 21.7 Å². The Morgan fingerprint density at radius 2 is 2.19 bits per heavy atom. The summed E-state index contributed by atoms with van der Waals surface area (Å²) in [6, 6.07) is 0.508. The fourth-order valence-electron chi connectivity index (χ4n) is 2.66. The zero-order valence-electron chi connectivity index (χ0n) is 9.85. The molecule has 1 fully saturated rings. The minimum Gasteiger partial charge on any atom is -0.370 e. The molecule has 0 amide bonds. The molecule has 3 rings (SSSR count). The topological polar surface area (TPSA) is 39.9 Å². The second-order valence-electron chi connectivity index (χ2n) is 4.93. The minimum atomic E-state index is 0.152. The maximum Gasteiger partial charge on any atom is 0.179 e. The quantitative estimate of drug-likeness (QED) is 0.731. The Labute approximate surface area is 96.0 Å². The number of ether oxygens (including phenoxy) is 1. The zero-order valence-corrected chi connectivity index (χ0v) is 9.85. The molecule has 0 bridgehead atoms. The van der Waals surface area contributed by atoms with Crippen molar-refractivity contribution in [3.8, 4) is 0 Å². The van der Waals surface area contributed by atoms with Crippen molar-refractivity contribution in [2.24, 2.45) is 0 Å². The molecule has 2 aliphatic rings. The number of hydrogen-bond acceptors (Lipinski definition) is 3. The number of nitrogens with zero attached hydrogens (tertiary/aromatic N) is 3. The molecular formula is C12H19N3O. The van der Waals surface area contributed by atoms with Gasteiger partial charge in [0, 0.05) is 13.0 Å². The normalized spacial score (nSPS) is 30.1. The lowest BCUT2D eigenvalue weighted by molar-refractivity contribution is 0.00929. The minimum absolute atomic E-state index is 0.152. The van der Waals surface area contributed by atoms with Crippen molar-refractivity contribution in [1.82, 2.24) is 14.8 Å². The molecule has 2 atom stereocenters. The van der Waals surface area contributed by atoms with Gasteiger partial charge >= 0.3 is 0 Å². The van der Waals surface area contributed by atoms with Gasteiger partial charge in [-0.25, -0.2) is 9.67 Å². The number of rotatable bonds is 1. The molecule has 1 aromatic rings. The Kier molecular flexibility index (Phi) is 2.67. The summed E-state index contributed by atoms with van der Waals surface area (Å²) >= 11 is 0. The van der Waals surface area contributed by atoms with Crippen molar-refractivity contribution < 1.29 is 4.74 Å². The average Bonchev–Trinajstić information content (AvgIpc) is 2.76. The Morgan fingerprint density at radius 3 is 2.94 bits per heavy atom. The third kappa shape index (κ3) is 1.75. The van der Waals surface area contributed by atoms with Crippen LogP contribution >= 0.6 is 0 Å². The van der Waals surface area contributed by atoms with Gasteiger partial charge in [0.2, 0.25) is 0 Å². The highest BCUT2D eigenvalue weighted by Gasteiger charge is 2.25. The van der Waals surface area contributed by atoms with Crippen molar-refractivity contribution in [2.75, 3.05) is 6.61 Å². The summed E-state index contributed by atoms with van der Waals surface area (Å²) in [4.78, 5) is 4.65. The highest BCUT2D eigenvalue weighted by Crippen LogP contribution is 2.28. The first-order valence-electron chi connectivity index (χ1n) is 6.41. The predicted octanol–water partition coefficient (Wildman–Crippen LogP) is 2.42. The molecule has 0 spiro atoms. The maximum atomic E-state index is 5.74. The van der Waals surface area contributed by atoms with Crippen molar-refractivity contribution >= 4 is 0 Å². The van der Waals surface area contributed by atoms with Crippen LogP contribution in [0.1, 0.15) is 62.8 Å². The van der Waals surface area contributed by atoms with Gasteiger partial charge in [-0.05, 0) is 39.0 Å². The van der Waals surface area contributed by atoms with Crippen molar-refractivity contribution in [3.63, 3.8) is 0 Å². The van der Waals surface area contributed by atoms with E-state index in [1.54, 1.807) is 0 Å². The molecule has 0 radical (unpaired) electrons. The Balaban J connectivity index is 1.85. The standard InChI is InChI=1S/C12H19N3O/c1-9-5-4-7-11-13-12(14-15(9)11)10-6-2-3-8-16-10/h9-10H,2-8H2,1H3. The van der Waals surface area contributed by atoms with Crippen LogP contribution in [-0.4, -0.2) is 21.4 Å². The molecule has 2 aliphatic heterocycles. The van der Waals surface area contributed by atoms with E-state index >= 15 is 0 Å². The summed E-state index contributed by atoms with van der Waals surface area (Å²) in [5.74, 6) is 2.08. The molecule has 0 saturated carbocycles. The van der Waals surface area contributed by atoms with Gasteiger partial charge in [-0.1, -0.05) is 0 Å². The number of fused-ring (bicyclic) bond motifs is 1. The summed E-state index contributed by atoms with van der Waals surface area (Å²) in [6.45, 7) is 3.09. The van der Waals surface area contributed by atoms with E-state index in [0.717, 1.165) is 31.1 Å². The number of aromatic nitrogens is 3. The van der Waals surface area contributed by atoms with Crippen LogP contribution in [0.25, 0.3) is 0 Å². The van der Waals surface area contributed by atoms with E-state index < -0.39 is 0 Å². The summed E-state index contributed by atoms with van der Waals surface area (Å²) in [7, 11) is 0. The van der Waals surface area contributed by atoms with Gasteiger partial charge < -0.3 is 4.74 Å². The zero-order chi connectivity index (χ0) is 11.0. The smallest absolute Gasteiger partial charge is 0.179 e. The summed E-state index contributed by atoms with van der Waals surface area (Å²) in [6.07, 6.45) is 7.19. The molecular weight excluding hydrogens is 202 g/mol. The summed E-state index contributed by atoms with van der Waals surface area (Å²) < 4.78 is 7.85. The second-order valence-corrected chi connectivity index (χ2v) is 4.93. The van der Waals surface area contributed by atoms with Gasteiger partial charge in [-0.3, -0.25) is 0 Å². The first-order chi connectivity index (χ1) is 7.84. The first-order valence-corrected chi connectivity index (χ1v) is 6.41. The van der Waals surface area contributed by atoms with Gasteiger partial charge in [-0.2, -0.15) is 5.10 Å². The molecule has 0 N–H and O–H groups in total. The Morgan fingerprint density at radius 1 is 1.25 bits per heavy atom. The van der Waals surface area contributed by atoms with Gasteiger partial charge in [0.1, 0.15) is 11.9 Å². The fourth-order valence-corrected chi connectivity index (χ4v) is 2.66. The molecule has 88 valence electrons. The van der Waals surface area contributed by atoms with Crippen LogP contribution in [0.4, 0.5) is 0 Å². The molecule has 2 unspecified atom stereocenters. The van der Waals surface area contributed by atoms with E-state index in [-0.39, 0.29) is 6.10 Å². The molecule has 16 heavy (non-hydrogen) atoms. The highest BCUT2D eigenvalue weighted by molar-refractivity contribution is 5.01. The largest absolute Gasteiger partial charge is 0.370 e. The van der Waals surface area contributed by atoms with Crippen molar-refractivity contribution in [2.45, 2.75) is 57.6 Å². The molecule has 1 aromatic heterocycles. The molecule has 0 aromatic carbocycles. The first kappa shape index (κ1) is 10.3. The fraction of sp³-hybridized carbons (Fsp3) is 0.833. The number of aryl methyl sites for hydroxylation is 1. The summed E-state index contributed by atoms with van der Waals surface area (Å²) in [5, 5.41) is 4.64. The van der Waals surface area contributed by atoms with Gasteiger partial charge in [0.25, 0.3) is 0 Å². The third-order valence-electron chi connectivity index (χ3n) is 3.63. The molecule has 4 nitrogen and oxygen atoms in total. The van der Waals surface area contributed by atoms with E-state index in [1.807, 2.05) is 0 Å². The van der Waals surface area contributed by atoms with Crippen LogP contribution in [-0.2, 0) is 11.2 Å². The van der Waals surface area contributed by atoms with E-state index in [9.17, 15) is 0 Å². The monoisotopic (exact) mass is 221 g/mol. The molecule has 4 heteroatoms. The van der Waals surface area contributed by atoms with E-state index in [1.165, 1.54) is 25.7 Å². The van der Waals surface area contributed by atoms with Crippen LogP contribution < -0.4 is 0 Å². The van der Waals surface area contributed by atoms with Crippen LogP contribution in [0.5, 0.6) is 0 Å². The molecule has 0 aliphatic carbocycles. The predicted molar refractivity (Wildman–Crippen MR) is 60.2 cm³/mol. The van der Waals surface area contributed by atoms with Crippen LogP contribution in [0.15, 0.2) is 0 Å². The highest BCUT2D eigenvalue weighted by atomic mass is 16.5. The van der Waals surface area contributed by atoms with Crippen LogP contribution in [0.3, 0.4) is 0 Å².